The summed E-state index contributed by atoms with van der Waals surface area (Å²) >= 11 is 0. The second kappa shape index (κ2) is 7.39. The van der Waals surface area contributed by atoms with E-state index in [0.717, 1.165) is 12.8 Å². The molecule has 1 aliphatic carbocycles. The molecule has 0 bridgehead atoms. The molecule has 2 unspecified atom stereocenters. The Kier molecular flexibility index (Phi) is 6.16. The van der Waals surface area contributed by atoms with Crippen LogP contribution in [0.15, 0.2) is 0 Å². The molecule has 0 spiro atoms. The smallest absolute Gasteiger partial charge is 0.326 e. The summed E-state index contributed by atoms with van der Waals surface area (Å²) < 4.78 is 0. The van der Waals surface area contributed by atoms with E-state index >= 15 is 0 Å². The van der Waals surface area contributed by atoms with E-state index < -0.39 is 12.0 Å². The number of amides is 1. The van der Waals surface area contributed by atoms with E-state index in [0.29, 0.717) is 12.3 Å². The first-order chi connectivity index (χ1) is 8.54. The largest absolute Gasteiger partial charge is 0.480 e. The standard InChI is InChI=1S/C14H25NO3/c1-3-10(2)13(14(17)18)15-12(16)9-8-11-6-4-5-7-11/h10-11,13H,3-9H2,1-2H3,(H,15,16)(H,17,18). The number of aliphatic carboxylic acids is 1. The molecule has 1 fully saturated rings. The Balaban J connectivity index is 2.33. The lowest BCUT2D eigenvalue weighted by Crippen LogP contribution is -2.45. The van der Waals surface area contributed by atoms with E-state index in [1.165, 1.54) is 25.7 Å². The number of rotatable bonds is 7. The van der Waals surface area contributed by atoms with Crippen LogP contribution >= 0.6 is 0 Å². The van der Waals surface area contributed by atoms with Gasteiger partial charge in [0.25, 0.3) is 0 Å². The third kappa shape index (κ3) is 4.67. The van der Waals surface area contributed by atoms with E-state index in [9.17, 15) is 9.59 Å². The van der Waals surface area contributed by atoms with Gasteiger partial charge in [0.2, 0.25) is 5.91 Å². The first-order valence-corrected chi connectivity index (χ1v) is 7.06. The monoisotopic (exact) mass is 255 g/mol. The van der Waals surface area contributed by atoms with Gasteiger partial charge in [-0.25, -0.2) is 4.79 Å². The van der Waals surface area contributed by atoms with Crippen LogP contribution in [0, 0.1) is 11.8 Å². The minimum Gasteiger partial charge on any atom is -0.480 e. The van der Waals surface area contributed by atoms with Crippen molar-refractivity contribution in [2.45, 2.75) is 64.8 Å². The predicted octanol–water partition coefficient (Wildman–Crippen LogP) is 2.57. The van der Waals surface area contributed by atoms with E-state index in [-0.39, 0.29) is 11.8 Å². The Labute approximate surface area is 109 Å². The fraction of sp³-hybridized carbons (Fsp3) is 0.857. The molecule has 2 atom stereocenters. The molecule has 1 saturated carbocycles. The van der Waals surface area contributed by atoms with Crippen LogP contribution in [0.1, 0.15) is 58.8 Å². The molecule has 4 nitrogen and oxygen atoms in total. The van der Waals surface area contributed by atoms with Crippen LogP contribution in [-0.4, -0.2) is 23.0 Å². The summed E-state index contributed by atoms with van der Waals surface area (Å²) in [6.45, 7) is 3.79. The van der Waals surface area contributed by atoms with Crippen molar-refractivity contribution in [3.63, 3.8) is 0 Å². The summed E-state index contributed by atoms with van der Waals surface area (Å²) in [5, 5.41) is 11.7. The number of hydrogen-bond donors (Lipinski definition) is 2. The zero-order valence-corrected chi connectivity index (χ0v) is 11.4. The fourth-order valence-electron chi connectivity index (χ4n) is 2.56. The maximum atomic E-state index is 11.8. The van der Waals surface area contributed by atoms with Gasteiger partial charge in [-0.1, -0.05) is 46.0 Å². The maximum absolute atomic E-state index is 11.8. The molecule has 0 heterocycles. The van der Waals surface area contributed by atoms with Crippen molar-refractivity contribution < 1.29 is 14.7 Å². The Bertz CT molecular complexity index is 285. The Morgan fingerprint density at radius 2 is 1.94 bits per heavy atom. The minimum atomic E-state index is -0.932. The van der Waals surface area contributed by atoms with Crippen LogP contribution in [0.3, 0.4) is 0 Å². The third-order valence-corrected chi connectivity index (χ3v) is 4.05. The van der Waals surface area contributed by atoms with Crippen molar-refractivity contribution in [1.82, 2.24) is 5.32 Å². The van der Waals surface area contributed by atoms with Crippen molar-refractivity contribution in [3.05, 3.63) is 0 Å². The molecule has 0 saturated heterocycles. The number of carbonyl (C=O) groups excluding carboxylic acids is 1. The van der Waals surface area contributed by atoms with Gasteiger partial charge in [-0.3, -0.25) is 4.79 Å². The van der Waals surface area contributed by atoms with Crippen molar-refractivity contribution in [1.29, 1.82) is 0 Å². The summed E-state index contributed by atoms with van der Waals surface area (Å²) in [7, 11) is 0. The van der Waals surface area contributed by atoms with Crippen LogP contribution in [0.25, 0.3) is 0 Å². The maximum Gasteiger partial charge on any atom is 0.326 e. The Hall–Kier alpha value is -1.06. The Morgan fingerprint density at radius 3 is 2.44 bits per heavy atom. The number of nitrogens with one attached hydrogen (secondary N) is 1. The Morgan fingerprint density at radius 1 is 1.33 bits per heavy atom. The summed E-state index contributed by atoms with van der Waals surface area (Å²) in [4.78, 5) is 22.8. The highest BCUT2D eigenvalue weighted by atomic mass is 16.4. The van der Waals surface area contributed by atoms with Gasteiger partial charge in [-0.2, -0.15) is 0 Å². The summed E-state index contributed by atoms with van der Waals surface area (Å²) in [5.41, 5.74) is 0. The van der Waals surface area contributed by atoms with Gasteiger partial charge in [0.05, 0.1) is 0 Å². The normalized spacial score (nSPS) is 19.4. The zero-order chi connectivity index (χ0) is 13.5. The molecule has 1 amide bonds. The van der Waals surface area contributed by atoms with Crippen LogP contribution < -0.4 is 5.32 Å². The van der Waals surface area contributed by atoms with Gasteiger partial charge in [0.1, 0.15) is 6.04 Å². The van der Waals surface area contributed by atoms with Gasteiger partial charge in [0.15, 0.2) is 0 Å². The highest BCUT2D eigenvalue weighted by Gasteiger charge is 2.25. The molecule has 104 valence electrons. The molecule has 0 aromatic carbocycles. The molecular formula is C14H25NO3. The molecule has 4 heteroatoms. The number of carboxylic acid groups (broad SMARTS) is 1. The third-order valence-electron chi connectivity index (χ3n) is 4.05. The first-order valence-electron chi connectivity index (χ1n) is 7.06. The topological polar surface area (TPSA) is 66.4 Å². The van der Waals surface area contributed by atoms with Crippen LogP contribution in [0.5, 0.6) is 0 Å². The summed E-state index contributed by atoms with van der Waals surface area (Å²) in [6.07, 6.45) is 7.11. The van der Waals surface area contributed by atoms with Gasteiger partial charge in [-0.15, -0.1) is 0 Å². The van der Waals surface area contributed by atoms with Gasteiger partial charge >= 0.3 is 5.97 Å². The van der Waals surface area contributed by atoms with E-state index in [1.54, 1.807) is 0 Å². The lowest BCUT2D eigenvalue weighted by atomic mass is 9.98. The van der Waals surface area contributed by atoms with Crippen molar-refractivity contribution in [2.24, 2.45) is 11.8 Å². The fourth-order valence-corrected chi connectivity index (χ4v) is 2.56. The second-order valence-corrected chi connectivity index (χ2v) is 5.46. The van der Waals surface area contributed by atoms with E-state index in [2.05, 4.69) is 5.32 Å². The van der Waals surface area contributed by atoms with Crippen LogP contribution in [-0.2, 0) is 9.59 Å². The molecular weight excluding hydrogens is 230 g/mol. The van der Waals surface area contributed by atoms with Crippen LogP contribution in [0.4, 0.5) is 0 Å². The highest BCUT2D eigenvalue weighted by Crippen LogP contribution is 2.28. The summed E-state index contributed by atoms with van der Waals surface area (Å²) in [6, 6.07) is -0.744. The number of carboxylic acids is 1. The molecule has 18 heavy (non-hydrogen) atoms. The number of carbonyl (C=O) groups is 2. The summed E-state index contributed by atoms with van der Waals surface area (Å²) in [5.74, 6) is -0.409. The van der Waals surface area contributed by atoms with Gasteiger partial charge in [0, 0.05) is 6.42 Å². The second-order valence-electron chi connectivity index (χ2n) is 5.46. The van der Waals surface area contributed by atoms with E-state index in [1.807, 2.05) is 13.8 Å². The van der Waals surface area contributed by atoms with Crippen LogP contribution in [0.2, 0.25) is 0 Å². The number of hydrogen-bond acceptors (Lipinski definition) is 2. The van der Waals surface area contributed by atoms with Crippen molar-refractivity contribution in [2.75, 3.05) is 0 Å². The minimum absolute atomic E-state index is 0.0297. The average Bonchev–Trinajstić information content (AvgIpc) is 2.85. The molecule has 1 aliphatic rings. The van der Waals surface area contributed by atoms with E-state index in [4.69, 9.17) is 5.11 Å². The SMILES string of the molecule is CCC(C)C(NC(=O)CCC1CCCC1)C(=O)O. The predicted molar refractivity (Wildman–Crippen MR) is 70.2 cm³/mol. The van der Waals surface area contributed by atoms with Crippen molar-refractivity contribution >= 4 is 11.9 Å². The molecule has 1 rings (SSSR count). The molecule has 0 aromatic heterocycles. The molecule has 0 aromatic rings. The zero-order valence-electron chi connectivity index (χ0n) is 11.4. The lowest BCUT2D eigenvalue weighted by Gasteiger charge is -2.20. The van der Waals surface area contributed by atoms with Crippen molar-refractivity contribution in [3.8, 4) is 0 Å². The molecule has 2 N–H and O–H groups in total. The molecule has 0 aliphatic heterocycles. The average molecular weight is 255 g/mol. The van der Waals surface area contributed by atoms with Gasteiger partial charge < -0.3 is 10.4 Å². The molecule has 0 radical (unpaired) electrons. The quantitative estimate of drug-likeness (QED) is 0.734. The highest BCUT2D eigenvalue weighted by molar-refractivity contribution is 5.83. The lowest BCUT2D eigenvalue weighted by molar-refractivity contribution is -0.143. The van der Waals surface area contributed by atoms with Gasteiger partial charge in [-0.05, 0) is 18.3 Å². The first kappa shape index (κ1) is 15.0.